The van der Waals surface area contributed by atoms with Crippen molar-refractivity contribution in [2.75, 3.05) is 14.2 Å². The lowest BCUT2D eigenvalue weighted by Crippen LogP contribution is -2.43. The molecule has 0 spiro atoms. The molecule has 5 rings (SSSR count). The Bertz CT molecular complexity index is 1720. The van der Waals surface area contributed by atoms with Gasteiger partial charge >= 0.3 is 5.69 Å². The molecule has 3 heterocycles. The number of ether oxygens (including phenoxy) is 2. The monoisotopic (exact) mass is 530 g/mol. The molecule has 1 N–H and O–H groups in total. The molecule has 2 atom stereocenters. The zero-order valence-corrected chi connectivity index (χ0v) is 22.5. The van der Waals surface area contributed by atoms with Crippen LogP contribution in [0.5, 0.6) is 0 Å². The molecule has 5 aromatic rings. The quantitative estimate of drug-likeness (QED) is 0.307. The molecule has 2 aromatic carbocycles. The average molecular weight is 531 g/mol. The number of hydrogen-bond donors (Lipinski definition) is 1. The molecule has 0 radical (unpaired) electrons. The lowest BCUT2D eigenvalue weighted by atomic mass is 9.98. The van der Waals surface area contributed by atoms with Gasteiger partial charge in [-0.1, -0.05) is 55.5 Å². The van der Waals surface area contributed by atoms with Gasteiger partial charge < -0.3 is 14.0 Å². The van der Waals surface area contributed by atoms with E-state index < -0.39 is 23.7 Å². The predicted molar refractivity (Wildman–Crippen MR) is 145 cm³/mol. The number of aromatic nitrogens is 8. The van der Waals surface area contributed by atoms with E-state index in [0.29, 0.717) is 35.8 Å². The van der Waals surface area contributed by atoms with Crippen molar-refractivity contribution in [3.63, 3.8) is 0 Å². The lowest BCUT2D eigenvalue weighted by Gasteiger charge is -2.19. The van der Waals surface area contributed by atoms with Gasteiger partial charge in [-0.3, -0.25) is 4.79 Å². The molecule has 0 saturated carbocycles. The number of nitrogens with zero attached hydrogens (tertiary/aromatic N) is 7. The smallest absolute Gasteiger partial charge is 0.337 e. The number of fused-ring (bicyclic) bond motifs is 1. The van der Waals surface area contributed by atoms with Crippen molar-refractivity contribution in [2.45, 2.75) is 46.2 Å². The maximum absolute atomic E-state index is 13.7. The number of methoxy groups -OCH3 is 2. The highest BCUT2D eigenvalue weighted by molar-refractivity contribution is 5.80. The summed E-state index contributed by atoms with van der Waals surface area (Å²) in [6, 6.07) is 16.0. The third-order valence-electron chi connectivity index (χ3n) is 6.95. The van der Waals surface area contributed by atoms with Gasteiger partial charge in [0.1, 0.15) is 18.3 Å². The third-order valence-corrected chi connectivity index (χ3v) is 6.95. The molecule has 0 fully saturated rings. The second-order valence-electron chi connectivity index (χ2n) is 9.13. The molecule has 3 aromatic heterocycles. The fraction of sp³-hybridized carbons (Fsp3) is 0.333. The number of rotatable bonds is 9. The summed E-state index contributed by atoms with van der Waals surface area (Å²) < 4.78 is 15.2. The highest BCUT2D eigenvalue weighted by Gasteiger charge is 2.25. The number of nitrogens with one attached hydrogen (secondary N) is 1. The number of aromatic amines is 1. The van der Waals surface area contributed by atoms with Crippen LogP contribution in [0.25, 0.3) is 33.7 Å². The Morgan fingerprint density at radius 3 is 2.21 bits per heavy atom. The summed E-state index contributed by atoms with van der Waals surface area (Å²) >= 11 is 0. The molecule has 39 heavy (non-hydrogen) atoms. The number of aryl methyl sites for hydroxylation is 1. The van der Waals surface area contributed by atoms with E-state index in [-0.39, 0.29) is 0 Å². The Balaban J connectivity index is 1.61. The zero-order chi connectivity index (χ0) is 27.7. The van der Waals surface area contributed by atoms with Crippen molar-refractivity contribution in [3.8, 4) is 22.5 Å². The highest BCUT2D eigenvalue weighted by Crippen LogP contribution is 2.30. The fourth-order valence-corrected chi connectivity index (χ4v) is 4.76. The molecule has 0 aliphatic rings. The van der Waals surface area contributed by atoms with Crippen molar-refractivity contribution < 1.29 is 9.47 Å². The minimum absolute atomic E-state index is 0.293. The summed E-state index contributed by atoms with van der Waals surface area (Å²) in [4.78, 5) is 31.8. The first-order valence-electron chi connectivity index (χ1n) is 12.6. The zero-order valence-electron chi connectivity index (χ0n) is 22.5. The van der Waals surface area contributed by atoms with Gasteiger partial charge in [0.2, 0.25) is 0 Å². The van der Waals surface area contributed by atoms with Gasteiger partial charge in [-0.2, -0.15) is 0 Å². The number of hydrogen-bond acceptors (Lipinski definition) is 8. The maximum Gasteiger partial charge on any atom is 0.337 e. The van der Waals surface area contributed by atoms with E-state index in [4.69, 9.17) is 14.5 Å². The molecule has 0 saturated heterocycles. The topological polar surface area (TPSA) is 135 Å². The summed E-state index contributed by atoms with van der Waals surface area (Å²) in [6.45, 7) is 5.75. The third kappa shape index (κ3) is 4.57. The van der Waals surface area contributed by atoms with E-state index >= 15 is 0 Å². The summed E-state index contributed by atoms with van der Waals surface area (Å²) in [6.07, 6.45) is -0.833. The SMILES string of the molecule is CCc1nc2c(c(=O)n(C(C)OC)c(=O)n2C(C)OC)n1Cc1ccc(-c2ccccc2-c2nnn[nH]2)cc1. The van der Waals surface area contributed by atoms with Gasteiger partial charge in [0.05, 0.1) is 0 Å². The van der Waals surface area contributed by atoms with Gasteiger partial charge in [-0.15, -0.1) is 5.10 Å². The molecule has 0 aliphatic heterocycles. The van der Waals surface area contributed by atoms with Crippen molar-refractivity contribution in [1.29, 1.82) is 0 Å². The van der Waals surface area contributed by atoms with Crippen molar-refractivity contribution in [2.24, 2.45) is 0 Å². The Hall–Kier alpha value is -4.42. The van der Waals surface area contributed by atoms with Crippen LogP contribution in [0.1, 0.15) is 44.6 Å². The van der Waals surface area contributed by atoms with Crippen LogP contribution in [0.2, 0.25) is 0 Å². The summed E-state index contributed by atoms with van der Waals surface area (Å²) in [5.74, 6) is 1.28. The molecule has 0 bridgehead atoms. The second kappa shape index (κ2) is 10.8. The predicted octanol–water partition coefficient (Wildman–Crippen LogP) is 3.15. The summed E-state index contributed by atoms with van der Waals surface area (Å²) in [5, 5.41) is 14.3. The molecule has 0 amide bonds. The van der Waals surface area contributed by atoms with E-state index in [1.165, 1.54) is 18.8 Å². The molecule has 2 unspecified atom stereocenters. The molecule has 12 nitrogen and oxygen atoms in total. The molecule has 202 valence electrons. The minimum atomic E-state index is -0.767. The Morgan fingerprint density at radius 2 is 1.59 bits per heavy atom. The summed E-state index contributed by atoms with van der Waals surface area (Å²) in [7, 11) is 2.96. The van der Waals surface area contributed by atoms with E-state index in [1.54, 1.807) is 13.8 Å². The molecular formula is C27H30N8O4. The van der Waals surface area contributed by atoms with Crippen LogP contribution in [0.15, 0.2) is 58.1 Å². The van der Waals surface area contributed by atoms with Crippen molar-refractivity contribution in [3.05, 3.63) is 80.8 Å². The van der Waals surface area contributed by atoms with Crippen LogP contribution in [0.3, 0.4) is 0 Å². The van der Waals surface area contributed by atoms with Crippen molar-refractivity contribution in [1.82, 2.24) is 39.3 Å². The number of imidazole rings is 1. The van der Waals surface area contributed by atoms with E-state index in [0.717, 1.165) is 26.8 Å². The Morgan fingerprint density at radius 1 is 0.923 bits per heavy atom. The molecular weight excluding hydrogens is 500 g/mol. The lowest BCUT2D eigenvalue weighted by molar-refractivity contribution is 0.0374. The van der Waals surface area contributed by atoms with Crippen LogP contribution >= 0.6 is 0 Å². The van der Waals surface area contributed by atoms with Gasteiger partial charge in [0.25, 0.3) is 5.56 Å². The first-order chi connectivity index (χ1) is 18.9. The van der Waals surface area contributed by atoms with Crippen molar-refractivity contribution >= 4 is 11.2 Å². The van der Waals surface area contributed by atoms with Gasteiger partial charge in [-0.05, 0) is 41.0 Å². The number of benzene rings is 2. The fourth-order valence-electron chi connectivity index (χ4n) is 4.76. The Kier molecular flexibility index (Phi) is 7.22. The van der Waals surface area contributed by atoms with Crippen LogP contribution in [0.4, 0.5) is 0 Å². The van der Waals surface area contributed by atoms with E-state index in [9.17, 15) is 9.59 Å². The highest BCUT2D eigenvalue weighted by atomic mass is 16.5. The molecule has 0 aliphatic carbocycles. The van der Waals surface area contributed by atoms with E-state index in [1.807, 2.05) is 60.0 Å². The number of tetrazole rings is 1. The van der Waals surface area contributed by atoms with Gasteiger partial charge in [0.15, 0.2) is 17.0 Å². The van der Waals surface area contributed by atoms with Crippen LogP contribution in [0, 0.1) is 0 Å². The van der Waals surface area contributed by atoms with Crippen LogP contribution in [-0.4, -0.2) is 53.5 Å². The first kappa shape index (κ1) is 26.2. The maximum atomic E-state index is 13.7. The first-order valence-corrected chi connectivity index (χ1v) is 12.6. The minimum Gasteiger partial charge on any atom is -0.361 e. The Labute approximate surface area is 223 Å². The molecule has 12 heteroatoms. The van der Waals surface area contributed by atoms with E-state index in [2.05, 4.69) is 20.6 Å². The normalized spacial score (nSPS) is 13.2. The van der Waals surface area contributed by atoms with Gasteiger partial charge in [0, 0.05) is 32.7 Å². The van der Waals surface area contributed by atoms with Gasteiger partial charge in [-0.25, -0.2) is 24.0 Å². The average Bonchev–Trinajstić information content (AvgIpc) is 3.62. The summed E-state index contributed by atoms with van der Waals surface area (Å²) in [5.41, 5.74) is 3.47. The van der Waals surface area contributed by atoms with Crippen LogP contribution in [-0.2, 0) is 22.4 Å². The largest absolute Gasteiger partial charge is 0.361 e. The second-order valence-corrected chi connectivity index (χ2v) is 9.13. The number of H-pyrrole nitrogens is 1. The van der Waals surface area contributed by atoms with Crippen LogP contribution < -0.4 is 11.2 Å². The standard InChI is InChI=1S/C27H30N8O4/c1-6-22-28-25-23(26(36)35(17(3)39-5)27(37)34(25)16(2)38-4)33(22)15-18-11-13-19(14-12-18)20-9-7-8-10-21(20)24-29-31-32-30-24/h7-14,16-17H,6,15H2,1-5H3,(H,29,30,31,32).